The number of ether oxygens (including phenoxy) is 2. The van der Waals surface area contributed by atoms with Gasteiger partial charge >= 0.3 is 0 Å². The zero-order valence-electron chi connectivity index (χ0n) is 13.4. The molecule has 0 spiro atoms. The van der Waals surface area contributed by atoms with Crippen LogP contribution in [0.5, 0.6) is 0 Å². The molecule has 2 aliphatic heterocycles. The molecule has 23 heavy (non-hydrogen) atoms. The molecule has 1 aromatic carbocycles. The Kier molecular flexibility index (Phi) is 4.23. The first kappa shape index (κ1) is 15.0. The van der Waals surface area contributed by atoms with Crippen molar-refractivity contribution in [2.24, 2.45) is 5.92 Å². The fourth-order valence-electron chi connectivity index (χ4n) is 3.64. The van der Waals surface area contributed by atoms with Crippen LogP contribution in [0.25, 0.3) is 0 Å². The molecule has 2 heterocycles. The molecule has 0 N–H and O–H groups in total. The van der Waals surface area contributed by atoms with Gasteiger partial charge in [0, 0.05) is 24.3 Å². The van der Waals surface area contributed by atoms with Gasteiger partial charge in [-0.15, -0.1) is 0 Å². The molecule has 1 saturated heterocycles. The summed E-state index contributed by atoms with van der Waals surface area (Å²) in [6, 6.07) is 8.52. The fraction of sp³-hybridized carbons (Fsp3) is 0.611. The van der Waals surface area contributed by atoms with Crippen molar-refractivity contribution >= 4 is 11.6 Å². The summed E-state index contributed by atoms with van der Waals surface area (Å²) >= 11 is 0. The van der Waals surface area contributed by atoms with E-state index in [2.05, 4.69) is 21.9 Å². The molecule has 0 bridgehead atoms. The Morgan fingerprint density at radius 1 is 1.13 bits per heavy atom. The third-order valence-electron chi connectivity index (χ3n) is 5.07. The summed E-state index contributed by atoms with van der Waals surface area (Å²) < 4.78 is 11.3. The minimum atomic E-state index is 0.224. The molecule has 1 unspecified atom stereocenters. The van der Waals surface area contributed by atoms with E-state index in [1.807, 2.05) is 12.1 Å². The molecule has 2 fully saturated rings. The number of morpholine rings is 1. The molecule has 124 valence electrons. The number of carbonyl (C=O) groups excluding carboxylic acids is 1. The predicted molar refractivity (Wildman–Crippen MR) is 87.4 cm³/mol. The van der Waals surface area contributed by atoms with Gasteiger partial charge in [0.05, 0.1) is 39.0 Å². The first-order chi connectivity index (χ1) is 11.3. The van der Waals surface area contributed by atoms with Crippen molar-refractivity contribution in [2.75, 3.05) is 44.4 Å². The van der Waals surface area contributed by atoms with Crippen LogP contribution in [-0.4, -0.2) is 56.3 Å². The number of hydrogen-bond acceptors (Lipinski definition) is 4. The highest BCUT2D eigenvalue weighted by molar-refractivity contribution is 5.82. The van der Waals surface area contributed by atoms with Gasteiger partial charge in [0.1, 0.15) is 0 Å². The summed E-state index contributed by atoms with van der Waals surface area (Å²) in [5, 5.41) is 0. The summed E-state index contributed by atoms with van der Waals surface area (Å²) in [4.78, 5) is 17.2. The average molecular weight is 316 g/mol. The van der Waals surface area contributed by atoms with Crippen molar-refractivity contribution in [3.05, 3.63) is 29.8 Å². The van der Waals surface area contributed by atoms with E-state index in [1.54, 1.807) is 0 Å². The number of benzene rings is 1. The van der Waals surface area contributed by atoms with Gasteiger partial charge in [0.15, 0.2) is 0 Å². The lowest BCUT2D eigenvalue weighted by Gasteiger charge is -2.37. The van der Waals surface area contributed by atoms with Gasteiger partial charge in [-0.25, -0.2) is 0 Å². The second kappa shape index (κ2) is 6.49. The predicted octanol–water partition coefficient (Wildman–Crippen LogP) is 1.66. The Balaban J connectivity index is 1.49. The molecule has 1 aliphatic carbocycles. The molecule has 4 rings (SSSR count). The quantitative estimate of drug-likeness (QED) is 0.850. The molecule has 1 aromatic rings. The van der Waals surface area contributed by atoms with Crippen molar-refractivity contribution in [1.29, 1.82) is 0 Å². The van der Waals surface area contributed by atoms with Gasteiger partial charge in [0.25, 0.3) is 0 Å². The highest BCUT2D eigenvalue weighted by Crippen LogP contribution is 2.36. The zero-order valence-corrected chi connectivity index (χ0v) is 13.4. The van der Waals surface area contributed by atoms with E-state index < -0.39 is 0 Å². The molecule has 1 amide bonds. The zero-order chi connectivity index (χ0) is 15.6. The van der Waals surface area contributed by atoms with Gasteiger partial charge in [-0.2, -0.15) is 0 Å². The van der Waals surface area contributed by atoms with Crippen LogP contribution < -0.4 is 4.90 Å². The van der Waals surface area contributed by atoms with E-state index in [9.17, 15) is 4.79 Å². The molecular formula is C18H24N2O3. The van der Waals surface area contributed by atoms with Gasteiger partial charge in [0.2, 0.25) is 5.91 Å². The summed E-state index contributed by atoms with van der Waals surface area (Å²) in [5.74, 6) is 0.876. The van der Waals surface area contributed by atoms with Crippen molar-refractivity contribution in [2.45, 2.75) is 25.5 Å². The number of rotatable bonds is 3. The summed E-state index contributed by atoms with van der Waals surface area (Å²) in [6.07, 6.45) is 2.47. The topological polar surface area (TPSA) is 42.0 Å². The van der Waals surface area contributed by atoms with E-state index in [-0.39, 0.29) is 11.9 Å². The summed E-state index contributed by atoms with van der Waals surface area (Å²) in [6.45, 7) is 4.59. The Morgan fingerprint density at radius 2 is 1.96 bits per heavy atom. The van der Waals surface area contributed by atoms with Crippen LogP contribution in [0.3, 0.4) is 0 Å². The second-order valence-corrected chi connectivity index (χ2v) is 6.67. The number of carbonyl (C=O) groups is 1. The van der Waals surface area contributed by atoms with Crippen LogP contribution in [0.15, 0.2) is 24.3 Å². The van der Waals surface area contributed by atoms with E-state index in [1.165, 1.54) is 18.4 Å². The minimum absolute atomic E-state index is 0.224. The highest BCUT2D eigenvalue weighted by Gasteiger charge is 2.39. The van der Waals surface area contributed by atoms with E-state index in [0.717, 1.165) is 18.8 Å². The Hall–Kier alpha value is -1.59. The maximum Gasteiger partial charge on any atom is 0.242 e. The molecule has 0 radical (unpaired) electrons. The van der Waals surface area contributed by atoms with E-state index in [4.69, 9.17) is 9.47 Å². The lowest BCUT2D eigenvalue weighted by molar-refractivity contribution is -0.139. The molecule has 1 saturated carbocycles. The molecule has 0 aromatic heterocycles. The van der Waals surface area contributed by atoms with Gasteiger partial charge in [-0.05, 0) is 24.8 Å². The standard InChI is InChI=1S/C18H24N2O3/c21-18(20-8-10-23-13-17(20)14-5-6-14)11-19-7-9-22-12-15-3-1-2-4-16(15)19/h1-4,14,17H,5-13H2. The number of para-hydroxylation sites is 1. The van der Waals surface area contributed by atoms with Crippen molar-refractivity contribution in [3.63, 3.8) is 0 Å². The van der Waals surface area contributed by atoms with Crippen LogP contribution in [0.2, 0.25) is 0 Å². The van der Waals surface area contributed by atoms with Crippen LogP contribution in [-0.2, 0) is 20.9 Å². The largest absolute Gasteiger partial charge is 0.377 e. The Morgan fingerprint density at radius 3 is 2.83 bits per heavy atom. The van der Waals surface area contributed by atoms with Crippen molar-refractivity contribution in [3.8, 4) is 0 Å². The molecular weight excluding hydrogens is 292 g/mol. The number of anilines is 1. The smallest absolute Gasteiger partial charge is 0.242 e. The average Bonchev–Trinajstić information content (AvgIpc) is 3.43. The third kappa shape index (κ3) is 3.21. The number of nitrogens with zero attached hydrogens (tertiary/aromatic N) is 2. The van der Waals surface area contributed by atoms with E-state index >= 15 is 0 Å². The van der Waals surface area contributed by atoms with Crippen molar-refractivity contribution in [1.82, 2.24) is 4.90 Å². The minimum Gasteiger partial charge on any atom is -0.377 e. The maximum absolute atomic E-state index is 12.9. The SMILES string of the molecule is O=C(CN1CCOCc2ccccc21)N1CCOCC1C1CC1. The highest BCUT2D eigenvalue weighted by atomic mass is 16.5. The lowest BCUT2D eigenvalue weighted by atomic mass is 10.1. The maximum atomic E-state index is 12.9. The number of amides is 1. The Labute approximate surface area is 137 Å². The third-order valence-corrected chi connectivity index (χ3v) is 5.07. The fourth-order valence-corrected chi connectivity index (χ4v) is 3.64. The summed E-state index contributed by atoms with van der Waals surface area (Å²) in [5.41, 5.74) is 2.30. The van der Waals surface area contributed by atoms with Crippen molar-refractivity contribution < 1.29 is 14.3 Å². The van der Waals surface area contributed by atoms with Crippen LogP contribution in [0, 0.1) is 5.92 Å². The molecule has 5 nitrogen and oxygen atoms in total. The monoisotopic (exact) mass is 316 g/mol. The molecule has 3 aliphatic rings. The van der Waals surface area contributed by atoms with E-state index in [0.29, 0.717) is 38.9 Å². The van der Waals surface area contributed by atoms with Gasteiger partial charge in [-0.1, -0.05) is 18.2 Å². The first-order valence-corrected chi connectivity index (χ1v) is 8.61. The number of fused-ring (bicyclic) bond motifs is 1. The Bertz CT molecular complexity index is 573. The molecule has 5 heteroatoms. The normalized spacial score (nSPS) is 25.0. The van der Waals surface area contributed by atoms with Crippen LogP contribution in [0.1, 0.15) is 18.4 Å². The van der Waals surface area contributed by atoms with Gasteiger partial charge < -0.3 is 19.3 Å². The van der Waals surface area contributed by atoms with Crippen LogP contribution >= 0.6 is 0 Å². The second-order valence-electron chi connectivity index (χ2n) is 6.67. The first-order valence-electron chi connectivity index (χ1n) is 8.61. The summed E-state index contributed by atoms with van der Waals surface area (Å²) in [7, 11) is 0. The van der Waals surface area contributed by atoms with Crippen LogP contribution in [0.4, 0.5) is 5.69 Å². The van der Waals surface area contributed by atoms with Gasteiger partial charge in [-0.3, -0.25) is 4.79 Å². The molecule has 1 atom stereocenters. The number of hydrogen-bond donors (Lipinski definition) is 0. The lowest BCUT2D eigenvalue weighted by Crippen LogP contribution is -2.53.